The molecule has 8 nitrogen and oxygen atoms in total. The lowest BCUT2D eigenvalue weighted by molar-refractivity contribution is -0.117. The Kier molecular flexibility index (Phi) is 4.73. The number of nitrogens with one attached hydrogen (secondary N) is 3. The standard InChI is InChI=1S/C18H21N7OS/c1-10-16(11(2)25(3)24-10)13-8-14(23-22-13)17(26)21-18-20-15(9-27-18)12-4-6-19-7-5-12/h4-7,9,13-14,22-23H,8H2,1-3H3,(H,20,21,26). The molecule has 0 aliphatic carbocycles. The van der Waals surface area contributed by atoms with E-state index < -0.39 is 0 Å². The lowest BCUT2D eigenvalue weighted by atomic mass is 10.00. The number of anilines is 1. The van der Waals surface area contributed by atoms with Crippen LogP contribution in [0.3, 0.4) is 0 Å². The van der Waals surface area contributed by atoms with Gasteiger partial charge in [0.05, 0.1) is 17.4 Å². The number of hydrogen-bond acceptors (Lipinski definition) is 7. The van der Waals surface area contributed by atoms with Gasteiger partial charge in [0.1, 0.15) is 6.04 Å². The van der Waals surface area contributed by atoms with E-state index in [0.717, 1.165) is 28.2 Å². The van der Waals surface area contributed by atoms with Crippen molar-refractivity contribution in [1.82, 2.24) is 30.6 Å². The van der Waals surface area contributed by atoms with Gasteiger partial charge in [0.2, 0.25) is 5.91 Å². The quantitative estimate of drug-likeness (QED) is 0.638. The summed E-state index contributed by atoms with van der Waals surface area (Å²) in [5.74, 6) is -0.0974. The Morgan fingerprint density at radius 3 is 2.78 bits per heavy atom. The van der Waals surface area contributed by atoms with Crippen LogP contribution in [0.1, 0.15) is 29.4 Å². The normalized spacial score (nSPS) is 19.4. The molecular weight excluding hydrogens is 362 g/mol. The second-order valence-corrected chi connectivity index (χ2v) is 7.46. The number of hydrogen-bond donors (Lipinski definition) is 3. The molecule has 0 saturated carbocycles. The maximum atomic E-state index is 12.6. The average Bonchev–Trinajstić information content (AvgIpc) is 3.37. The number of aromatic nitrogens is 4. The monoisotopic (exact) mass is 383 g/mol. The summed E-state index contributed by atoms with van der Waals surface area (Å²) < 4.78 is 1.87. The van der Waals surface area contributed by atoms with Crippen molar-refractivity contribution in [2.45, 2.75) is 32.4 Å². The number of pyridine rings is 1. The zero-order valence-corrected chi connectivity index (χ0v) is 16.2. The van der Waals surface area contributed by atoms with Gasteiger partial charge < -0.3 is 5.32 Å². The van der Waals surface area contributed by atoms with Crippen LogP contribution in [0.4, 0.5) is 5.13 Å². The molecule has 2 atom stereocenters. The highest BCUT2D eigenvalue weighted by atomic mass is 32.1. The Labute approximate surface area is 161 Å². The molecule has 0 spiro atoms. The van der Waals surface area contributed by atoms with Crippen molar-refractivity contribution in [1.29, 1.82) is 0 Å². The van der Waals surface area contributed by atoms with E-state index in [9.17, 15) is 4.79 Å². The minimum atomic E-state index is -0.331. The highest BCUT2D eigenvalue weighted by Gasteiger charge is 2.33. The van der Waals surface area contributed by atoms with Gasteiger partial charge in [0, 0.05) is 41.6 Å². The molecule has 4 heterocycles. The van der Waals surface area contributed by atoms with Gasteiger partial charge in [-0.3, -0.25) is 14.5 Å². The molecule has 27 heavy (non-hydrogen) atoms. The summed E-state index contributed by atoms with van der Waals surface area (Å²) in [5, 5.41) is 9.89. The van der Waals surface area contributed by atoms with Crippen LogP contribution in [-0.4, -0.2) is 31.7 Å². The molecule has 0 radical (unpaired) electrons. The average molecular weight is 383 g/mol. The summed E-state index contributed by atoms with van der Waals surface area (Å²) in [4.78, 5) is 21.1. The fourth-order valence-electron chi connectivity index (χ4n) is 3.39. The first-order chi connectivity index (χ1) is 13.0. The van der Waals surface area contributed by atoms with Crippen molar-refractivity contribution in [2.24, 2.45) is 7.05 Å². The number of nitrogens with zero attached hydrogens (tertiary/aromatic N) is 4. The summed E-state index contributed by atoms with van der Waals surface area (Å²) >= 11 is 1.41. The van der Waals surface area contributed by atoms with E-state index in [1.54, 1.807) is 12.4 Å². The molecule has 9 heteroatoms. The van der Waals surface area contributed by atoms with Crippen molar-refractivity contribution < 1.29 is 4.79 Å². The Bertz CT molecular complexity index is 966. The molecule has 3 aromatic heterocycles. The first-order valence-corrected chi connectivity index (χ1v) is 9.59. The predicted molar refractivity (Wildman–Crippen MR) is 104 cm³/mol. The van der Waals surface area contributed by atoms with Crippen LogP contribution >= 0.6 is 11.3 Å². The lowest BCUT2D eigenvalue weighted by Crippen LogP contribution is -2.39. The summed E-state index contributed by atoms with van der Waals surface area (Å²) in [6.45, 7) is 4.04. The van der Waals surface area contributed by atoms with Crippen LogP contribution in [0, 0.1) is 13.8 Å². The third kappa shape index (κ3) is 3.48. The maximum Gasteiger partial charge on any atom is 0.244 e. The summed E-state index contributed by atoms with van der Waals surface area (Å²) in [6, 6.07) is 3.51. The number of thiazole rings is 1. The summed E-state index contributed by atoms with van der Waals surface area (Å²) in [6.07, 6.45) is 4.11. The van der Waals surface area contributed by atoms with Crippen LogP contribution < -0.4 is 16.2 Å². The van der Waals surface area contributed by atoms with Crippen molar-refractivity contribution in [3.63, 3.8) is 0 Å². The molecule has 2 unspecified atom stereocenters. The lowest BCUT2D eigenvalue weighted by Gasteiger charge is -2.10. The molecule has 1 amide bonds. The Hall–Kier alpha value is -2.62. The Balaban J connectivity index is 1.42. The Morgan fingerprint density at radius 2 is 2.07 bits per heavy atom. The van der Waals surface area contributed by atoms with Crippen molar-refractivity contribution in [3.05, 3.63) is 46.9 Å². The minimum absolute atomic E-state index is 0.0538. The fraction of sp³-hybridized carbons (Fsp3) is 0.333. The van der Waals surface area contributed by atoms with Gasteiger partial charge in [-0.05, 0) is 32.4 Å². The van der Waals surface area contributed by atoms with E-state index in [0.29, 0.717) is 11.6 Å². The van der Waals surface area contributed by atoms with E-state index >= 15 is 0 Å². The second-order valence-electron chi connectivity index (χ2n) is 6.60. The van der Waals surface area contributed by atoms with Gasteiger partial charge in [-0.1, -0.05) is 0 Å². The van der Waals surface area contributed by atoms with Gasteiger partial charge in [-0.25, -0.2) is 15.8 Å². The molecule has 1 fully saturated rings. The number of hydrazine groups is 1. The second kappa shape index (κ2) is 7.18. The van der Waals surface area contributed by atoms with E-state index in [4.69, 9.17) is 0 Å². The Morgan fingerprint density at radius 1 is 1.30 bits per heavy atom. The maximum absolute atomic E-state index is 12.6. The highest BCUT2D eigenvalue weighted by Crippen LogP contribution is 2.29. The minimum Gasteiger partial charge on any atom is -0.301 e. The van der Waals surface area contributed by atoms with Crippen LogP contribution in [0.15, 0.2) is 29.9 Å². The van der Waals surface area contributed by atoms with Gasteiger partial charge in [-0.2, -0.15) is 5.10 Å². The van der Waals surface area contributed by atoms with Crippen LogP contribution in [0.25, 0.3) is 11.3 Å². The number of amides is 1. The van der Waals surface area contributed by atoms with Crippen molar-refractivity contribution >= 4 is 22.4 Å². The molecule has 3 aromatic rings. The molecule has 140 valence electrons. The third-order valence-corrected chi connectivity index (χ3v) is 5.60. The van der Waals surface area contributed by atoms with Crippen molar-refractivity contribution in [3.8, 4) is 11.3 Å². The first-order valence-electron chi connectivity index (χ1n) is 8.71. The smallest absolute Gasteiger partial charge is 0.244 e. The first kappa shape index (κ1) is 17.8. The van der Waals surface area contributed by atoms with Gasteiger partial charge in [-0.15, -0.1) is 11.3 Å². The number of rotatable bonds is 4. The number of carbonyl (C=O) groups excluding carboxylic acids is 1. The molecule has 0 aromatic carbocycles. The van der Waals surface area contributed by atoms with Crippen LogP contribution in [0.5, 0.6) is 0 Å². The van der Waals surface area contributed by atoms with Gasteiger partial charge in [0.25, 0.3) is 0 Å². The predicted octanol–water partition coefficient (Wildman–Crippen LogP) is 2.10. The zero-order valence-electron chi connectivity index (χ0n) is 15.4. The van der Waals surface area contributed by atoms with Crippen molar-refractivity contribution in [2.75, 3.05) is 5.32 Å². The molecule has 0 bridgehead atoms. The summed E-state index contributed by atoms with van der Waals surface area (Å²) in [7, 11) is 1.93. The highest BCUT2D eigenvalue weighted by molar-refractivity contribution is 7.14. The summed E-state index contributed by atoms with van der Waals surface area (Å²) in [5.41, 5.74) is 11.4. The van der Waals surface area contributed by atoms with E-state index in [2.05, 4.69) is 31.2 Å². The van der Waals surface area contributed by atoms with Gasteiger partial charge >= 0.3 is 0 Å². The molecule has 1 aliphatic heterocycles. The topological polar surface area (TPSA) is 96.8 Å². The van der Waals surface area contributed by atoms with E-state index in [-0.39, 0.29) is 18.0 Å². The SMILES string of the molecule is Cc1nn(C)c(C)c1C1CC(C(=O)Nc2nc(-c3ccncc3)cs2)NN1. The number of aryl methyl sites for hydroxylation is 2. The molecular formula is C18H21N7OS. The molecule has 1 saturated heterocycles. The third-order valence-electron chi connectivity index (χ3n) is 4.84. The molecule has 4 rings (SSSR count). The largest absolute Gasteiger partial charge is 0.301 e. The number of carbonyl (C=O) groups is 1. The zero-order chi connectivity index (χ0) is 19.0. The van der Waals surface area contributed by atoms with E-state index in [1.807, 2.05) is 43.1 Å². The van der Waals surface area contributed by atoms with Crippen LogP contribution in [0.2, 0.25) is 0 Å². The fourth-order valence-corrected chi connectivity index (χ4v) is 4.11. The van der Waals surface area contributed by atoms with Crippen LogP contribution in [-0.2, 0) is 11.8 Å². The van der Waals surface area contributed by atoms with E-state index in [1.165, 1.54) is 11.3 Å². The molecule has 3 N–H and O–H groups in total. The van der Waals surface area contributed by atoms with Gasteiger partial charge in [0.15, 0.2) is 5.13 Å². The molecule has 1 aliphatic rings.